The van der Waals surface area contributed by atoms with Gasteiger partial charge < -0.3 is 25.0 Å². The van der Waals surface area contributed by atoms with E-state index in [2.05, 4.69) is 5.32 Å². The number of carboxylic acid groups (broad SMARTS) is 1. The van der Waals surface area contributed by atoms with Crippen molar-refractivity contribution in [2.24, 2.45) is 5.92 Å². The molecule has 1 aromatic rings. The Morgan fingerprint density at radius 3 is 2.30 bits per heavy atom. The van der Waals surface area contributed by atoms with Gasteiger partial charge in [0.2, 0.25) is 0 Å². The molecule has 2 aliphatic rings. The van der Waals surface area contributed by atoms with Crippen molar-refractivity contribution in [1.82, 2.24) is 15.1 Å². The molecule has 3 rings (SSSR count). The number of carbonyl (C=O) groups excluding carboxylic acids is 3. The molecule has 0 bridgehead atoms. The molecule has 1 saturated carbocycles. The molecule has 9 nitrogen and oxygen atoms in total. The number of nitrogens with zero attached hydrogens (tertiary/aromatic N) is 2. The number of nitrogens with one attached hydrogen (secondary N) is 1. The van der Waals surface area contributed by atoms with E-state index in [0.29, 0.717) is 5.56 Å². The second-order valence-corrected chi connectivity index (χ2v) is 8.87. The Morgan fingerprint density at radius 1 is 1.06 bits per heavy atom. The standard InChI is InChI=1S/C24H33N3O6/c1-16-8-10-18(11-9-16)24(32)27-13-12-26(20(28)15-33-2)23(27)22(31)25-19(14-21(29)30)17-6-4-3-5-7-17/h8-11,17,19,23H,3-7,12-15H2,1-2H3,(H,25,31)(H,29,30). The van der Waals surface area contributed by atoms with Crippen LogP contribution in [0.15, 0.2) is 24.3 Å². The lowest BCUT2D eigenvalue weighted by molar-refractivity contribution is -0.145. The van der Waals surface area contributed by atoms with Gasteiger partial charge in [0.05, 0.1) is 6.42 Å². The molecule has 0 spiro atoms. The fraction of sp³-hybridized carbons (Fsp3) is 0.583. The van der Waals surface area contributed by atoms with Crippen molar-refractivity contribution in [2.75, 3.05) is 26.8 Å². The largest absolute Gasteiger partial charge is 0.481 e. The van der Waals surface area contributed by atoms with E-state index in [-0.39, 0.29) is 37.9 Å². The second-order valence-electron chi connectivity index (χ2n) is 8.87. The highest BCUT2D eigenvalue weighted by atomic mass is 16.5. The molecule has 1 aliphatic carbocycles. The smallest absolute Gasteiger partial charge is 0.305 e. The first-order valence-corrected chi connectivity index (χ1v) is 11.5. The molecule has 9 heteroatoms. The van der Waals surface area contributed by atoms with Crippen molar-refractivity contribution in [2.45, 2.75) is 57.7 Å². The van der Waals surface area contributed by atoms with Crippen molar-refractivity contribution in [3.63, 3.8) is 0 Å². The summed E-state index contributed by atoms with van der Waals surface area (Å²) >= 11 is 0. The molecule has 2 unspecified atom stereocenters. The van der Waals surface area contributed by atoms with Crippen molar-refractivity contribution in [3.05, 3.63) is 35.4 Å². The van der Waals surface area contributed by atoms with Crippen LogP contribution in [-0.4, -0.2) is 77.6 Å². The van der Waals surface area contributed by atoms with Crippen LogP contribution in [0.1, 0.15) is 54.4 Å². The van der Waals surface area contributed by atoms with Gasteiger partial charge in [0.15, 0.2) is 6.17 Å². The quantitative estimate of drug-likeness (QED) is 0.612. The van der Waals surface area contributed by atoms with Crippen LogP contribution in [0, 0.1) is 12.8 Å². The van der Waals surface area contributed by atoms with Gasteiger partial charge in [-0.2, -0.15) is 0 Å². The highest BCUT2D eigenvalue weighted by Gasteiger charge is 2.44. The van der Waals surface area contributed by atoms with Crippen LogP contribution >= 0.6 is 0 Å². The lowest BCUT2D eigenvalue weighted by Crippen LogP contribution is -2.57. The van der Waals surface area contributed by atoms with E-state index in [4.69, 9.17) is 4.74 Å². The molecule has 1 saturated heterocycles. The molecule has 1 heterocycles. The lowest BCUT2D eigenvalue weighted by atomic mass is 9.82. The van der Waals surface area contributed by atoms with E-state index in [1.165, 1.54) is 16.9 Å². The normalized spacial score (nSPS) is 19.9. The van der Waals surface area contributed by atoms with Crippen molar-refractivity contribution in [3.8, 4) is 0 Å². The van der Waals surface area contributed by atoms with Crippen molar-refractivity contribution in [1.29, 1.82) is 0 Å². The summed E-state index contributed by atoms with van der Waals surface area (Å²) in [5.41, 5.74) is 1.43. The Morgan fingerprint density at radius 2 is 1.70 bits per heavy atom. The van der Waals surface area contributed by atoms with Gasteiger partial charge in [0.1, 0.15) is 6.61 Å². The maximum atomic E-state index is 13.5. The number of carboxylic acids is 1. The van der Waals surface area contributed by atoms with E-state index in [0.717, 1.165) is 37.7 Å². The van der Waals surface area contributed by atoms with Crippen molar-refractivity contribution < 1.29 is 29.0 Å². The van der Waals surface area contributed by atoms with Crippen LogP contribution in [-0.2, 0) is 19.1 Å². The zero-order valence-electron chi connectivity index (χ0n) is 19.3. The molecule has 2 atom stereocenters. The number of aryl methyl sites for hydroxylation is 1. The summed E-state index contributed by atoms with van der Waals surface area (Å²) in [6, 6.07) is 6.48. The van der Waals surface area contributed by atoms with E-state index in [9.17, 15) is 24.3 Å². The second kappa shape index (κ2) is 11.3. The van der Waals surface area contributed by atoms with E-state index in [1.807, 2.05) is 19.1 Å². The third-order valence-electron chi connectivity index (χ3n) is 6.50. The number of methoxy groups -OCH3 is 1. The van der Waals surface area contributed by atoms with Crippen LogP contribution < -0.4 is 5.32 Å². The van der Waals surface area contributed by atoms with Gasteiger partial charge in [0.25, 0.3) is 17.7 Å². The molecule has 0 aromatic heterocycles. The predicted octanol–water partition coefficient (Wildman–Crippen LogP) is 1.79. The summed E-state index contributed by atoms with van der Waals surface area (Å²) < 4.78 is 4.96. The highest BCUT2D eigenvalue weighted by Crippen LogP contribution is 2.28. The molecule has 2 fully saturated rings. The lowest BCUT2D eigenvalue weighted by Gasteiger charge is -2.34. The predicted molar refractivity (Wildman–Crippen MR) is 120 cm³/mol. The fourth-order valence-electron chi connectivity index (χ4n) is 4.77. The van der Waals surface area contributed by atoms with Crippen LogP contribution in [0.2, 0.25) is 0 Å². The minimum absolute atomic E-state index is 0.0598. The molecule has 3 amide bonds. The summed E-state index contributed by atoms with van der Waals surface area (Å²) in [4.78, 5) is 53.6. The maximum Gasteiger partial charge on any atom is 0.305 e. The average molecular weight is 460 g/mol. The molecule has 1 aromatic carbocycles. The van der Waals surface area contributed by atoms with Crippen molar-refractivity contribution >= 4 is 23.7 Å². The molecule has 0 radical (unpaired) electrons. The first-order valence-electron chi connectivity index (χ1n) is 11.5. The number of benzene rings is 1. The number of aliphatic carboxylic acids is 1. The van der Waals surface area contributed by atoms with Crippen LogP contribution in [0.4, 0.5) is 0 Å². The Kier molecular flexibility index (Phi) is 8.43. The van der Waals surface area contributed by atoms with Crippen LogP contribution in [0.25, 0.3) is 0 Å². The number of amides is 3. The molecule has 1 aliphatic heterocycles. The third kappa shape index (κ3) is 6.10. The average Bonchev–Trinajstić information content (AvgIpc) is 3.24. The molecule has 180 valence electrons. The maximum absolute atomic E-state index is 13.5. The summed E-state index contributed by atoms with van der Waals surface area (Å²) in [6.07, 6.45) is 3.45. The number of ether oxygens (including phenoxy) is 1. The highest BCUT2D eigenvalue weighted by molar-refractivity contribution is 5.99. The van der Waals surface area contributed by atoms with Gasteiger partial charge in [-0.25, -0.2) is 0 Å². The Labute approximate surface area is 194 Å². The summed E-state index contributed by atoms with van der Waals surface area (Å²) in [7, 11) is 1.39. The minimum Gasteiger partial charge on any atom is -0.481 e. The number of rotatable bonds is 8. The van der Waals surface area contributed by atoms with Gasteiger partial charge >= 0.3 is 5.97 Å². The number of hydrogen-bond donors (Lipinski definition) is 2. The first-order chi connectivity index (χ1) is 15.8. The van der Waals surface area contributed by atoms with Crippen LogP contribution in [0.5, 0.6) is 0 Å². The third-order valence-corrected chi connectivity index (χ3v) is 6.50. The number of hydrogen-bond acceptors (Lipinski definition) is 5. The number of carbonyl (C=O) groups is 4. The van der Waals surface area contributed by atoms with Gasteiger partial charge in [-0.1, -0.05) is 37.0 Å². The fourth-order valence-corrected chi connectivity index (χ4v) is 4.77. The monoisotopic (exact) mass is 459 g/mol. The van der Waals surface area contributed by atoms with E-state index in [1.54, 1.807) is 12.1 Å². The molecule has 33 heavy (non-hydrogen) atoms. The Bertz CT molecular complexity index is 865. The summed E-state index contributed by atoms with van der Waals surface area (Å²) in [6.45, 7) is 2.11. The molecular formula is C24H33N3O6. The van der Waals surface area contributed by atoms with Crippen LogP contribution in [0.3, 0.4) is 0 Å². The summed E-state index contributed by atoms with van der Waals surface area (Å²) in [5, 5.41) is 12.3. The molecular weight excluding hydrogens is 426 g/mol. The van der Waals surface area contributed by atoms with E-state index < -0.39 is 30.0 Å². The molecule has 2 N–H and O–H groups in total. The zero-order valence-corrected chi connectivity index (χ0v) is 19.3. The Hall–Kier alpha value is -2.94. The van der Waals surface area contributed by atoms with Gasteiger partial charge in [-0.3, -0.25) is 19.2 Å². The SMILES string of the molecule is COCC(=O)N1CCN(C(=O)c2ccc(C)cc2)C1C(=O)NC(CC(=O)O)C1CCCCC1. The first kappa shape index (κ1) is 24.7. The summed E-state index contributed by atoms with van der Waals surface area (Å²) in [5.74, 6) is -2.21. The zero-order chi connectivity index (χ0) is 24.0. The van der Waals surface area contributed by atoms with Gasteiger partial charge in [-0.15, -0.1) is 0 Å². The van der Waals surface area contributed by atoms with E-state index >= 15 is 0 Å². The minimum atomic E-state index is -1.15. The topological polar surface area (TPSA) is 116 Å². The van der Waals surface area contributed by atoms with Gasteiger partial charge in [0, 0.05) is 31.8 Å². The van der Waals surface area contributed by atoms with Gasteiger partial charge in [-0.05, 0) is 37.8 Å². The Balaban J connectivity index is 1.85.